The van der Waals surface area contributed by atoms with E-state index < -0.39 is 0 Å². The van der Waals surface area contributed by atoms with Gasteiger partial charge in [0.2, 0.25) is 0 Å². The molecule has 136 valence electrons. The molecule has 1 atom stereocenters. The molecule has 1 aromatic heterocycles. The molecule has 1 unspecified atom stereocenters. The lowest BCUT2D eigenvalue weighted by Crippen LogP contribution is -2.32. The fourth-order valence-corrected chi connectivity index (χ4v) is 3.32. The van der Waals surface area contributed by atoms with Gasteiger partial charge in [-0.05, 0) is 73.5 Å². The van der Waals surface area contributed by atoms with E-state index in [4.69, 9.17) is 4.74 Å². The molecule has 1 amide bonds. The van der Waals surface area contributed by atoms with Gasteiger partial charge in [0.15, 0.2) is 6.17 Å². The van der Waals surface area contributed by atoms with Gasteiger partial charge in [0, 0.05) is 17.6 Å². The van der Waals surface area contributed by atoms with Crippen molar-refractivity contribution in [3.8, 4) is 5.75 Å². The van der Waals surface area contributed by atoms with E-state index in [-0.39, 0.29) is 12.1 Å². The third-order valence-corrected chi connectivity index (χ3v) is 4.97. The summed E-state index contributed by atoms with van der Waals surface area (Å²) in [5.74, 6) is 0.685. The van der Waals surface area contributed by atoms with Crippen molar-refractivity contribution in [3.63, 3.8) is 0 Å². The summed E-state index contributed by atoms with van der Waals surface area (Å²) in [4.78, 5) is 19.3. The average molecular weight is 359 g/mol. The molecule has 0 aliphatic carbocycles. The largest absolute Gasteiger partial charge is 0.497 e. The second-order valence-corrected chi connectivity index (χ2v) is 6.66. The highest BCUT2D eigenvalue weighted by molar-refractivity contribution is 6.11. The van der Waals surface area contributed by atoms with Gasteiger partial charge in [-0.2, -0.15) is 0 Å². The number of nitrogens with zero attached hydrogens (tertiary/aromatic N) is 2. The van der Waals surface area contributed by atoms with E-state index >= 15 is 0 Å². The van der Waals surface area contributed by atoms with E-state index in [9.17, 15) is 4.79 Å². The Morgan fingerprint density at radius 3 is 2.52 bits per heavy atom. The molecule has 1 aliphatic heterocycles. The number of carbonyl (C=O) groups is 1. The normalized spacial score (nSPS) is 15.6. The van der Waals surface area contributed by atoms with Crippen LogP contribution < -0.4 is 15.0 Å². The standard InChI is InChI=1S/C22H21N3O2/c1-14-6-7-16(13-15(14)2)24-21-20-19(5-4-12-23-20)22(26)25(21)17-8-10-18(27-3)11-9-17/h4-13,21,24H,1-3H3. The molecule has 2 aromatic carbocycles. The molecule has 0 saturated carbocycles. The summed E-state index contributed by atoms with van der Waals surface area (Å²) in [5, 5.41) is 3.48. The van der Waals surface area contributed by atoms with E-state index in [1.54, 1.807) is 24.3 Å². The van der Waals surface area contributed by atoms with E-state index in [0.717, 1.165) is 22.8 Å². The molecule has 0 fully saturated rings. The topological polar surface area (TPSA) is 54.5 Å². The van der Waals surface area contributed by atoms with Crippen LogP contribution in [0.1, 0.15) is 33.3 Å². The Labute approximate surface area is 158 Å². The third kappa shape index (κ3) is 3.01. The first-order valence-electron chi connectivity index (χ1n) is 8.85. The van der Waals surface area contributed by atoms with Gasteiger partial charge in [0.05, 0.1) is 18.4 Å². The lowest BCUT2D eigenvalue weighted by Gasteiger charge is -2.27. The first kappa shape index (κ1) is 17.1. The van der Waals surface area contributed by atoms with Gasteiger partial charge in [0.1, 0.15) is 5.75 Å². The number of carbonyl (C=O) groups excluding carboxylic acids is 1. The summed E-state index contributed by atoms with van der Waals surface area (Å²) in [6.07, 6.45) is 1.35. The van der Waals surface area contributed by atoms with Gasteiger partial charge in [-0.25, -0.2) is 0 Å². The molecule has 1 aliphatic rings. The van der Waals surface area contributed by atoms with Gasteiger partial charge < -0.3 is 10.1 Å². The highest BCUT2D eigenvalue weighted by atomic mass is 16.5. The molecule has 2 heterocycles. The van der Waals surface area contributed by atoms with Crippen LogP contribution in [-0.4, -0.2) is 18.0 Å². The van der Waals surface area contributed by atoms with Gasteiger partial charge >= 0.3 is 0 Å². The van der Waals surface area contributed by atoms with Crippen molar-refractivity contribution >= 4 is 17.3 Å². The predicted molar refractivity (Wildman–Crippen MR) is 106 cm³/mol. The average Bonchev–Trinajstić information content (AvgIpc) is 2.97. The van der Waals surface area contributed by atoms with Crippen LogP contribution in [0.4, 0.5) is 11.4 Å². The molecule has 5 nitrogen and oxygen atoms in total. The third-order valence-electron chi connectivity index (χ3n) is 4.97. The Morgan fingerprint density at radius 2 is 1.81 bits per heavy atom. The quantitative estimate of drug-likeness (QED) is 0.746. The minimum Gasteiger partial charge on any atom is -0.497 e. The molecule has 4 rings (SSSR count). The summed E-state index contributed by atoms with van der Waals surface area (Å²) >= 11 is 0. The van der Waals surface area contributed by atoms with Crippen molar-refractivity contribution in [1.82, 2.24) is 4.98 Å². The molecular weight excluding hydrogens is 338 g/mol. The minimum absolute atomic E-state index is 0.0652. The van der Waals surface area contributed by atoms with Gasteiger partial charge in [-0.3, -0.25) is 14.7 Å². The molecule has 0 saturated heterocycles. The molecule has 0 bridgehead atoms. The van der Waals surface area contributed by atoms with E-state index in [1.807, 2.05) is 36.4 Å². The zero-order valence-electron chi connectivity index (χ0n) is 15.6. The van der Waals surface area contributed by atoms with Crippen LogP contribution in [0.15, 0.2) is 60.8 Å². The van der Waals surface area contributed by atoms with Crippen molar-refractivity contribution in [1.29, 1.82) is 0 Å². The van der Waals surface area contributed by atoms with E-state index in [0.29, 0.717) is 5.56 Å². The van der Waals surface area contributed by atoms with Crippen molar-refractivity contribution in [3.05, 3.63) is 83.2 Å². The zero-order valence-corrected chi connectivity index (χ0v) is 15.6. The van der Waals surface area contributed by atoms with Crippen LogP contribution >= 0.6 is 0 Å². The van der Waals surface area contributed by atoms with E-state index in [2.05, 4.69) is 36.3 Å². The lowest BCUT2D eigenvalue weighted by atomic mass is 10.1. The molecule has 27 heavy (non-hydrogen) atoms. The number of hydrogen-bond donors (Lipinski definition) is 1. The number of benzene rings is 2. The second kappa shape index (κ2) is 6.76. The summed E-state index contributed by atoms with van der Waals surface area (Å²) in [5.41, 5.74) is 5.52. The molecule has 0 radical (unpaired) electrons. The van der Waals surface area contributed by atoms with Crippen molar-refractivity contribution in [2.24, 2.45) is 0 Å². The Morgan fingerprint density at radius 1 is 1.04 bits per heavy atom. The van der Waals surface area contributed by atoms with Crippen molar-refractivity contribution in [2.45, 2.75) is 20.0 Å². The predicted octanol–water partition coefficient (Wildman–Crippen LogP) is 4.48. The number of fused-ring (bicyclic) bond motifs is 1. The monoisotopic (exact) mass is 359 g/mol. The van der Waals surface area contributed by atoms with Gasteiger partial charge in [0.25, 0.3) is 5.91 Å². The van der Waals surface area contributed by atoms with Crippen LogP contribution in [0, 0.1) is 13.8 Å². The minimum atomic E-state index is -0.371. The second-order valence-electron chi connectivity index (χ2n) is 6.66. The number of nitrogens with one attached hydrogen (secondary N) is 1. The number of ether oxygens (including phenoxy) is 1. The SMILES string of the molecule is COc1ccc(N2C(=O)c3cccnc3C2Nc2ccc(C)c(C)c2)cc1. The Bertz CT molecular complexity index is 999. The number of pyridine rings is 1. The smallest absolute Gasteiger partial charge is 0.262 e. The Balaban J connectivity index is 1.76. The Hall–Kier alpha value is -3.34. The van der Waals surface area contributed by atoms with Crippen molar-refractivity contribution in [2.75, 3.05) is 17.3 Å². The number of aromatic nitrogens is 1. The Kier molecular flexibility index (Phi) is 4.28. The van der Waals surface area contributed by atoms with Crippen molar-refractivity contribution < 1.29 is 9.53 Å². The number of rotatable bonds is 4. The molecule has 5 heteroatoms. The van der Waals surface area contributed by atoms with Gasteiger partial charge in [-0.1, -0.05) is 6.07 Å². The molecular formula is C22H21N3O2. The highest BCUT2D eigenvalue weighted by Crippen LogP contribution is 2.37. The summed E-state index contributed by atoms with van der Waals surface area (Å²) in [7, 11) is 1.62. The number of hydrogen-bond acceptors (Lipinski definition) is 4. The number of amides is 1. The van der Waals surface area contributed by atoms with E-state index in [1.165, 1.54) is 11.1 Å². The fraction of sp³-hybridized carbons (Fsp3) is 0.182. The first-order chi connectivity index (χ1) is 13.1. The lowest BCUT2D eigenvalue weighted by molar-refractivity contribution is 0.0993. The van der Waals surface area contributed by atoms with Crippen LogP contribution in [0.3, 0.4) is 0 Å². The van der Waals surface area contributed by atoms with Crippen LogP contribution in [-0.2, 0) is 0 Å². The van der Waals surface area contributed by atoms with Crippen LogP contribution in [0.5, 0.6) is 5.75 Å². The summed E-state index contributed by atoms with van der Waals surface area (Å²) in [6, 6.07) is 17.3. The maximum Gasteiger partial charge on any atom is 0.262 e. The maximum absolute atomic E-state index is 13.1. The number of methoxy groups -OCH3 is 1. The number of aryl methyl sites for hydroxylation is 2. The highest BCUT2D eigenvalue weighted by Gasteiger charge is 2.39. The molecule has 0 spiro atoms. The van der Waals surface area contributed by atoms with Gasteiger partial charge in [-0.15, -0.1) is 0 Å². The number of anilines is 2. The fourth-order valence-electron chi connectivity index (χ4n) is 3.32. The molecule has 3 aromatic rings. The van der Waals surface area contributed by atoms with Crippen LogP contribution in [0.2, 0.25) is 0 Å². The first-order valence-corrected chi connectivity index (χ1v) is 8.85. The maximum atomic E-state index is 13.1. The van der Waals surface area contributed by atoms with Crippen LogP contribution in [0.25, 0.3) is 0 Å². The zero-order chi connectivity index (χ0) is 19.0. The summed E-state index contributed by atoms with van der Waals surface area (Å²) < 4.78 is 5.24. The summed E-state index contributed by atoms with van der Waals surface area (Å²) in [6.45, 7) is 4.16. The molecule has 1 N–H and O–H groups in total.